The lowest BCUT2D eigenvalue weighted by atomic mass is 9.71. The summed E-state index contributed by atoms with van der Waals surface area (Å²) < 4.78 is 4.90. The number of hydrogen-bond acceptors (Lipinski definition) is 4. The van der Waals surface area contributed by atoms with Gasteiger partial charge >= 0.3 is 5.97 Å². The van der Waals surface area contributed by atoms with E-state index in [0.29, 0.717) is 25.9 Å². The van der Waals surface area contributed by atoms with Crippen LogP contribution in [0.1, 0.15) is 18.9 Å². The van der Waals surface area contributed by atoms with Crippen molar-refractivity contribution < 1.29 is 17.4 Å². The Kier molecular flexibility index (Phi) is 5.38. The Labute approximate surface area is 142 Å². The van der Waals surface area contributed by atoms with Crippen molar-refractivity contribution >= 4 is 41.3 Å². The molecule has 1 fully saturated rings. The van der Waals surface area contributed by atoms with Crippen molar-refractivity contribution in [1.82, 2.24) is 10.2 Å². The van der Waals surface area contributed by atoms with E-state index < -0.39 is 17.4 Å². The number of nitrogens with one attached hydrogen (secondary N) is 1. The molecule has 1 aromatic carbocycles. The molecule has 1 saturated heterocycles. The third-order valence-corrected chi connectivity index (χ3v) is 4.58. The second kappa shape index (κ2) is 7.08. The van der Waals surface area contributed by atoms with Crippen molar-refractivity contribution in [3.63, 3.8) is 0 Å². The first-order chi connectivity index (χ1) is 10.6. The minimum atomic E-state index is -1.02. The molecule has 0 aliphatic carbocycles. The van der Waals surface area contributed by atoms with Crippen molar-refractivity contribution in [3.8, 4) is 0 Å². The first-order valence-corrected chi connectivity index (χ1v) is 7.81. The highest BCUT2D eigenvalue weighted by Crippen LogP contribution is 2.43. The zero-order chi connectivity index (χ0) is 16.2. The van der Waals surface area contributed by atoms with E-state index in [1.54, 1.807) is 11.8 Å². The van der Waals surface area contributed by atoms with Gasteiger partial charge in [0, 0.05) is 13.1 Å². The van der Waals surface area contributed by atoms with Crippen LogP contribution >= 0.6 is 23.0 Å². The van der Waals surface area contributed by atoms with E-state index in [1.165, 1.54) is 23.0 Å². The quantitative estimate of drug-likeness (QED) is 0.316. The number of likely N-dealkylation sites (tertiary alicyclic amines) is 1. The zero-order valence-corrected chi connectivity index (χ0v) is 14.3. The van der Waals surface area contributed by atoms with Gasteiger partial charge in [0.25, 0.3) is 0 Å². The number of carbonyl (C=O) groups excluding carboxylic acids is 3. The zero-order valence-electron chi connectivity index (χ0n) is 12.1. The smallest absolute Gasteiger partial charge is 0.342 e. The maximum atomic E-state index is 12.3. The molecule has 0 unspecified atom stereocenters. The Hall–Kier alpha value is -1.64. The molecule has 1 heterocycles. The SMILES string of the molecule is C[C@H]1C(=O)N(Cc2ccccc2)[C@@]1(CCNC=O)C(=O)OI. The topological polar surface area (TPSA) is 75.7 Å². The van der Waals surface area contributed by atoms with Crippen molar-refractivity contribution in [2.45, 2.75) is 25.4 Å². The van der Waals surface area contributed by atoms with Crippen LogP contribution in [-0.4, -0.2) is 35.3 Å². The fraction of sp³-hybridized carbons (Fsp3) is 0.400. The first-order valence-electron chi connectivity index (χ1n) is 6.93. The monoisotopic (exact) mass is 416 g/mol. The second-order valence-electron chi connectivity index (χ2n) is 5.24. The number of carbonyl (C=O) groups is 3. The van der Waals surface area contributed by atoms with Crippen LogP contribution in [0.25, 0.3) is 0 Å². The normalized spacial score (nSPS) is 23.6. The molecular weight excluding hydrogens is 399 g/mol. The van der Waals surface area contributed by atoms with Gasteiger partial charge in [-0.05, 0) is 12.0 Å². The molecule has 22 heavy (non-hydrogen) atoms. The number of amides is 2. The summed E-state index contributed by atoms with van der Waals surface area (Å²) in [4.78, 5) is 36.6. The van der Waals surface area contributed by atoms with Gasteiger partial charge in [-0.15, -0.1) is 0 Å². The van der Waals surface area contributed by atoms with Gasteiger partial charge in [0.05, 0.1) is 5.92 Å². The summed E-state index contributed by atoms with van der Waals surface area (Å²) in [5.74, 6) is -1.01. The maximum absolute atomic E-state index is 12.3. The van der Waals surface area contributed by atoms with Gasteiger partial charge in [-0.2, -0.15) is 0 Å². The molecular formula is C15H17IN2O4. The van der Waals surface area contributed by atoms with Crippen molar-refractivity contribution in [2.75, 3.05) is 6.54 Å². The van der Waals surface area contributed by atoms with E-state index in [2.05, 4.69) is 5.32 Å². The minimum absolute atomic E-state index is 0.0863. The maximum Gasteiger partial charge on any atom is 0.342 e. The van der Waals surface area contributed by atoms with Crippen LogP contribution in [0.3, 0.4) is 0 Å². The highest BCUT2D eigenvalue weighted by molar-refractivity contribution is 14.1. The van der Waals surface area contributed by atoms with Crippen LogP contribution < -0.4 is 5.32 Å². The van der Waals surface area contributed by atoms with Crippen LogP contribution in [-0.2, 0) is 24.0 Å². The molecule has 2 atom stereocenters. The van der Waals surface area contributed by atoms with Gasteiger partial charge in [0.1, 0.15) is 0 Å². The first kappa shape index (κ1) is 16.7. The Morgan fingerprint density at radius 3 is 2.73 bits per heavy atom. The Bertz CT molecular complexity index is 566. The minimum Gasteiger partial charge on any atom is -0.393 e. The van der Waals surface area contributed by atoms with Crippen molar-refractivity contribution in [2.24, 2.45) is 5.92 Å². The molecule has 1 aromatic rings. The predicted octanol–water partition coefficient (Wildman–Crippen LogP) is 1.43. The van der Waals surface area contributed by atoms with Gasteiger partial charge in [-0.1, -0.05) is 37.3 Å². The summed E-state index contributed by atoms with van der Waals surface area (Å²) in [6.45, 7) is 2.37. The van der Waals surface area contributed by atoms with E-state index in [4.69, 9.17) is 3.07 Å². The van der Waals surface area contributed by atoms with Gasteiger partial charge in [-0.25, -0.2) is 4.79 Å². The van der Waals surface area contributed by atoms with Crippen LogP contribution in [0.2, 0.25) is 0 Å². The predicted molar refractivity (Wildman–Crippen MR) is 87.7 cm³/mol. The van der Waals surface area contributed by atoms with E-state index in [0.717, 1.165) is 5.56 Å². The molecule has 1 N–H and O–H groups in total. The highest BCUT2D eigenvalue weighted by Gasteiger charge is 2.63. The highest BCUT2D eigenvalue weighted by atomic mass is 127. The average Bonchev–Trinajstić information content (AvgIpc) is 2.57. The molecule has 2 rings (SSSR count). The van der Waals surface area contributed by atoms with Crippen LogP contribution in [0.5, 0.6) is 0 Å². The van der Waals surface area contributed by atoms with E-state index >= 15 is 0 Å². The second-order valence-corrected chi connectivity index (χ2v) is 5.68. The summed E-state index contributed by atoms with van der Waals surface area (Å²) in [7, 11) is 0. The Morgan fingerprint density at radius 1 is 1.45 bits per heavy atom. The summed E-state index contributed by atoms with van der Waals surface area (Å²) in [5, 5.41) is 2.54. The number of β-lactam (4-membered cyclic amide) rings is 1. The third kappa shape index (κ3) is 2.81. The number of hydrogen-bond donors (Lipinski definition) is 1. The fourth-order valence-corrected chi connectivity index (χ4v) is 3.30. The number of benzene rings is 1. The molecule has 0 radical (unpaired) electrons. The van der Waals surface area contributed by atoms with Crippen LogP contribution in [0.4, 0.5) is 0 Å². The summed E-state index contributed by atoms with van der Waals surface area (Å²) in [5.41, 5.74) is -0.0823. The molecule has 6 nitrogen and oxygen atoms in total. The van der Waals surface area contributed by atoms with Crippen molar-refractivity contribution in [1.29, 1.82) is 0 Å². The number of halogens is 1. The Balaban J connectivity index is 2.25. The summed E-state index contributed by atoms with van der Waals surface area (Å²) in [6, 6.07) is 9.47. The number of rotatable bonds is 7. The van der Waals surface area contributed by atoms with Gasteiger partial charge in [0.2, 0.25) is 12.3 Å². The standard InChI is InChI=1S/C15H17IN2O4/c1-11-13(20)18(9-12-5-3-2-4-6-12)15(11,14(21)22-16)7-8-17-10-19/h2-6,10-11H,7-9H2,1H3,(H,17,19)/t11-,15+/m0/s1. The largest absolute Gasteiger partial charge is 0.393 e. The molecule has 1 aliphatic rings. The molecule has 0 spiro atoms. The van der Waals surface area contributed by atoms with Crippen molar-refractivity contribution in [3.05, 3.63) is 35.9 Å². The van der Waals surface area contributed by atoms with Gasteiger partial charge < -0.3 is 13.3 Å². The Morgan fingerprint density at radius 2 is 2.14 bits per heavy atom. The number of nitrogens with zero attached hydrogens (tertiary/aromatic N) is 1. The lowest BCUT2D eigenvalue weighted by Gasteiger charge is -2.54. The molecule has 7 heteroatoms. The lowest BCUT2D eigenvalue weighted by Crippen LogP contribution is -2.73. The van der Waals surface area contributed by atoms with E-state index in [9.17, 15) is 14.4 Å². The third-order valence-electron chi connectivity index (χ3n) is 4.18. The van der Waals surface area contributed by atoms with E-state index in [1.807, 2.05) is 30.3 Å². The van der Waals surface area contributed by atoms with E-state index in [-0.39, 0.29) is 5.91 Å². The molecule has 118 valence electrons. The fourth-order valence-electron chi connectivity index (χ4n) is 2.92. The van der Waals surface area contributed by atoms with Crippen LogP contribution in [0.15, 0.2) is 30.3 Å². The van der Waals surface area contributed by atoms with Gasteiger partial charge in [-0.3, -0.25) is 9.59 Å². The molecule has 2 amide bonds. The summed E-state index contributed by atoms with van der Waals surface area (Å²) in [6.07, 6.45) is 0.906. The molecule has 0 aromatic heterocycles. The van der Waals surface area contributed by atoms with Crippen LogP contribution in [0, 0.1) is 5.92 Å². The lowest BCUT2D eigenvalue weighted by molar-refractivity contribution is -0.185. The van der Waals surface area contributed by atoms with Gasteiger partial charge in [0.15, 0.2) is 28.5 Å². The average molecular weight is 416 g/mol. The molecule has 0 bridgehead atoms. The summed E-state index contributed by atoms with van der Waals surface area (Å²) >= 11 is 1.54. The molecule has 1 aliphatic heterocycles. The molecule has 0 saturated carbocycles.